The van der Waals surface area contributed by atoms with Gasteiger partial charge < -0.3 is 5.11 Å². The van der Waals surface area contributed by atoms with E-state index in [4.69, 9.17) is 16.7 Å². The van der Waals surface area contributed by atoms with Gasteiger partial charge >= 0.3 is 0 Å². The maximum Gasteiger partial charge on any atom is 0.233 e. The van der Waals surface area contributed by atoms with Crippen molar-refractivity contribution < 1.29 is 13.5 Å². The Bertz CT molecular complexity index is 562. The zero-order chi connectivity index (χ0) is 13.9. The van der Waals surface area contributed by atoms with Crippen LogP contribution in [-0.4, -0.2) is 26.7 Å². The highest BCUT2D eigenvalue weighted by Gasteiger charge is 2.42. The summed E-state index contributed by atoms with van der Waals surface area (Å²) in [5, 5.41) is 10.9. The molecule has 1 aliphatic carbocycles. The second-order valence-corrected chi connectivity index (χ2v) is 6.97. The third kappa shape index (κ3) is 4.31. The van der Waals surface area contributed by atoms with Gasteiger partial charge in [-0.3, -0.25) is 0 Å². The summed E-state index contributed by atoms with van der Waals surface area (Å²) in [6.45, 7) is 0.313. The Kier molecular flexibility index (Phi) is 4.30. The van der Waals surface area contributed by atoms with E-state index in [-0.39, 0.29) is 18.6 Å². The first-order valence-electron chi connectivity index (χ1n) is 5.99. The van der Waals surface area contributed by atoms with Crippen molar-refractivity contribution in [3.8, 4) is 0 Å². The first-order valence-corrected chi connectivity index (χ1v) is 7.91. The maximum absolute atomic E-state index is 11.8. The molecule has 2 rings (SSSR count). The predicted octanol–water partition coefficient (Wildman–Crippen LogP) is 2.00. The van der Waals surface area contributed by atoms with Gasteiger partial charge in [0.25, 0.3) is 0 Å². The molecule has 0 heterocycles. The summed E-state index contributed by atoms with van der Waals surface area (Å²) in [6, 6.07) is 6.88. The average Bonchev–Trinajstić information content (AvgIpc) is 3.17. The van der Waals surface area contributed by atoms with E-state index in [0.717, 1.165) is 23.8 Å². The number of nitrogens with one attached hydrogen (secondary N) is 1. The minimum Gasteiger partial charge on any atom is -0.396 e. The van der Waals surface area contributed by atoms with Gasteiger partial charge in [-0.15, -0.1) is 0 Å². The number of aliphatic hydroxyl groups is 1. The van der Waals surface area contributed by atoms with Crippen LogP contribution in [0.15, 0.2) is 29.7 Å². The van der Waals surface area contributed by atoms with Crippen LogP contribution in [0.3, 0.4) is 0 Å². The molecule has 1 aliphatic rings. The molecule has 0 spiro atoms. The summed E-state index contributed by atoms with van der Waals surface area (Å²) in [6.07, 6.45) is 3.25. The van der Waals surface area contributed by atoms with Gasteiger partial charge in [-0.05, 0) is 36.6 Å². The fraction of sp³-hybridized carbons (Fsp3) is 0.385. The Balaban J connectivity index is 1.95. The standard InChI is InChI=1S/C13H16ClNO3S/c14-12-3-1-11(2-4-12)5-8-19(17,18)15-9-13(10-16)6-7-13/h1-5,8,15-16H,6-7,9-10H2/b8-5+. The van der Waals surface area contributed by atoms with E-state index >= 15 is 0 Å². The lowest BCUT2D eigenvalue weighted by molar-refractivity contribution is 0.213. The largest absolute Gasteiger partial charge is 0.396 e. The van der Waals surface area contributed by atoms with Crippen molar-refractivity contribution in [3.63, 3.8) is 0 Å². The maximum atomic E-state index is 11.8. The Morgan fingerprint density at radius 3 is 2.47 bits per heavy atom. The molecule has 104 valence electrons. The van der Waals surface area contributed by atoms with Gasteiger partial charge in [0.1, 0.15) is 0 Å². The number of rotatable bonds is 6. The average molecular weight is 302 g/mol. The number of hydrogen-bond donors (Lipinski definition) is 2. The molecule has 0 saturated heterocycles. The molecule has 1 saturated carbocycles. The van der Waals surface area contributed by atoms with Gasteiger partial charge in [0.2, 0.25) is 10.0 Å². The van der Waals surface area contributed by atoms with Gasteiger partial charge in [-0.2, -0.15) is 0 Å². The van der Waals surface area contributed by atoms with Crippen LogP contribution in [0.25, 0.3) is 6.08 Å². The predicted molar refractivity (Wildman–Crippen MR) is 76.2 cm³/mol. The van der Waals surface area contributed by atoms with E-state index in [2.05, 4.69) is 4.72 Å². The quantitative estimate of drug-likeness (QED) is 0.844. The van der Waals surface area contributed by atoms with Gasteiger partial charge in [0, 0.05) is 29.0 Å². The van der Waals surface area contributed by atoms with Crippen LogP contribution in [0.2, 0.25) is 5.02 Å². The van der Waals surface area contributed by atoms with Crippen LogP contribution in [0.4, 0.5) is 0 Å². The van der Waals surface area contributed by atoms with Crippen molar-refractivity contribution in [1.82, 2.24) is 4.72 Å². The lowest BCUT2D eigenvalue weighted by Gasteiger charge is -2.11. The molecule has 0 radical (unpaired) electrons. The molecule has 1 fully saturated rings. The van der Waals surface area contributed by atoms with E-state index in [9.17, 15) is 8.42 Å². The molecular weight excluding hydrogens is 286 g/mol. The van der Waals surface area contributed by atoms with Crippen LogP contribution < -0.4 is 4.72 Å². The monoisotopic (exact) mass is 301 g/mol. The highest BCUT2D eigenvalue weighted by Crippen LogP contribution is 2.44. The molecule has 4 nitrogen and oxygen atoms in total. The van der Waals surface area contributed by atoms with Gasteiger partial charge in [0.05, 0.1) is 0 Å². The van der Waals surface area contributed by atoms with Crippen LogP contribution in [-0.2, 0) is 10.0 Å². The molecule has 0 aromatic heterocycles. The smallest absolute Gasteiger partial charge is 0.233 e. The van der Waals surface area contributed by atoms with Crippen molar-refractivity contribution in [2.75, 3.05) is 13.2 Å². The van der Waals surface area contributed by atoms with E-state index in [0.29, 0.717) is 5.02 Å². The molecular formula is C13H16ClNO3S. The molecule has 0 bridgehead atoms. The zero-order valence-corrected chi connectivity index (χ0v) is 11.9. The summed E-state index contributed by atoms with van der Waals surface area (Å²) in [5.41, 5.74) is 0.527. The third-order valence-corrected chi connectivity index (χ3v) is 4.54. The van der Waals surface area contributed by atoms with E-state index in [1.165, 1.54) is 6.08 Å². The fourth-order valence-corrected chi connectivity index (χ4v) is 2.68. The summed E-state index contributed by atoms with van der Waals surface area (Å²) in [5.74, 6) is 0. The Labute approximate surface area is 118 Å². The Hall–Kier alpha value is -0.880. The lowest BCUT2D eigenvalue weighted by atomic mass is 10.1. The van der Waals surface area contributed by atoms with Crippen LogP contribution in [0.5, 0.6) is 0 Å². The lowest BCUT2D eigenvalue weighted by Crippen LogP contribution is -2.30. The van der Waals surface area contributed by atoms with Crippen molar-refractivity contribution >= 4 is 27.7 Å². The summed E-state index contributed by atoms with van der Waals surface area (Å²) in [4.78, 5) is 0. The van der Waals surface area contributed by atoms with Crippen LogP contribution in [0.1, 0.15) is 18.4 Å². The second-order valence-electron chi connectivity index (χ2n) is 4.88. The molecule has 0 aliphatic heterocycles. The Morgan fingerprint density at radius 2 is 1.95 bits per heavy atom. The minimum absolute atomic E-state index is 0.0242. The summed E-state index contributed by atoms with van der Waals surface area (Å²) in [7, 11) is -3.47. The van der Waals surface area contributed by atoms with Crippen molar-refractivity contribution in [2.45, 2.75) is 12.8 Å². The first-order chi connectivity index (χ1) is 8.95. The van der Waals surface area contributed by atoms with E-state index in [1.807, 2.05) is 0 Å². The number of benzene rings is 1. The molecule has 0 unspecified atom stereocenters. The molecule has 0 atom stereocenters. The van der Waals surface area contributed by atoms with Crippen molar-refractivity contribution in [3.05, 3.63) is 40.3 Å². The molecule has 6 heteroatoms. The number of hydrogen-bond acceptors (Lipinski definition) is 3. The zero-order valence-electron chi connectivity index (χ0n) is 10.3. The summed E-state index contributed by atoms with van der Waals surface area (Å²) < 4.78 is 26.0. The van der Waals surface area contributed by atoms with Gasteiger partial charge in [-0.1, -0.05) is 23.7 Å². The molecule has 1 aromatic rings. The fourth-order valence-electron chi connectivity index (χ4n) is 1.61. The molecule has 1 aromatic carbocycles. The van der Waals surface area contributed by atoms with Gasteiger partial charge in [-0.25, -0.2) is 13.1 Å². The number of halogens is 1. The topological polar surface area (TPSA) is 66.4 Å². The van der Waals surface area contributed by atoms with Crippen LogP contribution in [0, 0.1) is 5.41 Å². The van der Waals surface area contributed by atoms with Crippen LogP contribution >= 0.6 is 11.6 Å². The second kappa shape index (κ2) is 5.63. The normalized spacial score (nSPS) is 17.8. The SMILES string of the molecule is O=S(=O)(/C=C/c1ccc(Cl)cc1)NCC1(CO)CC1. The van der Waals surface area contributed by atoms with Crippen molar-refractivity contribution in [2.24, 2.45) is 5.41 Å². The molecule has 19 heavy (non-hydrogen) atoms. The molecule has 0 amide bonds. The van der Waals surface area contributed by atoms with E-state index in [1.54, 1.807) is 24.3 Å². The summed E-state index contributed by atoms with van der Waals surface area (Å²) >= 11 is 5.75. The van der Waals surface area contributed by atoms with Crippen molar-refractivity contribution in [1.29, 1.82) is 0 Å². The van der Waals surface area contributed by atoms with Gasteiger partial charge in [0.15, 0.2) is 0 Å². The molecule has 2 N–H and O–H groups in total. The highest BCUT2D eigenvalue weighted by atomic mass is 35.5. The van der Waals surface area contributed by atoms with E-state index < -0.39 is 10.0 Å². The first kappa shape index (κ1) is 14.5. The Morgan fingerprint density at radius 1 is 1.32 bits per heavy atom. The number of aliphatic hydroxyl groups excluding tert-OH is 1. The third-order valence-electron chi connectivity index (χ3n) is 3.25. The highest BCUT2D eigenvalue weighted by molar-refractivity contribution is 7.92. The minimum atomic E-state index is -3.47. The number of sulfonamides is 1.